The Bertz CT molecular complexity index is 1020. The average Bonchev–Trinajstić information content (AvgIpc) is 3.26. The number of H-pyrrole nitrogens is 1. The van der Waals surface area contributed by atoms with Crippen LogP contribution in [-0.4, -0.2) is 15.9 Å². The van der Waals surface area contributed by atoms with E-state index in [0.29, 0.717) is 22.0 Å². The van der Waals surface area contributed by atoms with Crippen LogP contribution in [0.15, 0.2) is 28.4 Å². The van der Waals surface area contributed by atoms with E-state index in [-0.39, 0.29) is 12.2 Å². The smallest absolute Gasteiger partial charge is 0.331 e. The molecule has 3 heterocycles. The molecule has 7 heteroatoms. The summed E-state index contributed by atoms with van der Waals surface area (Å²) in [5.41, 5.74) is 0.920. The van der Waals surface area contributed by atoms with Crippen molar-refractivity contribution in [2.45, 2.75) is 40.2 Å². The molecular weight excluding hydrogens is 380 g/mol. The zero-order chi connectivity index (χ0) is 19.4. The number of rotatable bonds is 7. The first kappa shape index (κ1) is 19.5. The minimum atomic E-state index is -0.467. The highest BCUT2D eigenvalue weighted by Crippen LogP contribution is 2.29. The molecule has 0 aliphatic carbocycles. The minimum absolute atomic E-state index is 0.0591. The van der Waals surface area contributed by atoms with Gasteiger partial charge in [0, 0.05) is 15.8 Å². The van der Waals surface area contributed by atoms with Gasteiger partial charge in [-0.25, -0.2) is 9.78 Å². The van der Waals surface area contributed by atoms with Gasteiger partial charge in [-0.1, -0.05) is 26.3 Å². The van der Waals surface area contributed by atoms with E-state index in [1.54, 1.807) is 6.08 Å². The Hall–Kier alpha value is -2.25. The number of ether oxygens (including phenoxy) is 1. The summed E-state index contributed by atoms with van der Waals surface area (Å²) in [5.74, 6) is 0.407. The first-order chi connectivity index (χ1) is 13.0. The van der Waals surface area contributed by atoms with Crippen LogP contribution in [-0.2, 0) is 22.6 Å². The number of aryl methyl sites for hydroxylation is 1. The number of aromatic amines is 1. The molecule has 0 aliphatic rings. The van der Waals surface area contributed by atoms with Crippen LogP contribution in [0, 0.1) is 12.8 Å². The van der Waals surface area contributed by atoms with Gasteiger partial charge >= 0.3 is 5.97 Å². The lowest BCUT2D eigenvalue weighted by atomic mass is 9.98. The molecule has 27 heavy (non-hydrogen) atoms. The third kappa shape index (κ3) is 4.73. The summed E-state index contributed by atoms with van der Waals surface area (Å²) in [4.78, 5) is 34.5. The number of hydrogen-bond acceptors (Lipinski definition) is 6. The predicted molar refractivity (Wildman–Crippen MR) is 111 cm³/mol. The second-order valence-corrected chi connectivity index (χ2v) is 8.69. The van der Waals surface area contributed by atoms with Crippen LogP contribution in [0.5, 0.6) is 0 Å². The van der Waals surface area contributed by atoms with Crippen LogP contribution in [0.2, 0.25) is 0 Å². The molecule has 0 unspecified atom stereocenters. The molecular formula is C20H22N2O3S2. The van der Waals surface area contributed by atoms with Crippen molar-refractivity contribution in [3.05, 3.63) is 55.1 Å². The molecule has 0 aliphatic heterocycles. The topological polar surface area (TPSA) is 72.0 Å². The third-order valence-electron chi connectivity index (χ3n) is 4.44. The molecule has 3 rings (SSSR count). The summed E-state index contributed by atoms with van der Waals surface area (Å²) >= 11 is 3.06. The number of nitrogens with zero attached hydrogens (tertiary/aromatic N) is 1. The van der Waals surface area contributed by atoms with E-state index in [9.17, 15) is 9.59 Å². The van der Waals surface area contributed by atoms with Gasteiger partial charge in [0.05, 0.1) is 5.39 Å². The van der Waals surface area contributed by atoms with E-state index in [0.717, 1.165) is 28.2 Å². The van der Waals surface area contributed by atoms with Gasteiger partial charge in [0.1, 0.15) is 17.3 Å². The van der Waals surface area contributed by atoms with E-state index < -0.39 is 5.97 Å². The van der Waals surface area contributed by atoms with Crippen molar-refractivity contribution >= 4 is 44.9 Å². The highest BCUT2D eigenvalue weighted by Gasteiger charge is 2.17. The molecule has 0 spiro atoms. The Morgan fingerprint density at radius 2 is 2.26 bits per heavy atom. The van der Waals surface area contributed by atoms with Crippen LogP contribution in [0.1, 0.15) is 41.4 Å². The average molecular weight is 403 g/mol. The van der Waals surface area contributed by atoms with Gasteiger partial charge in [-0.3, -0.25) is 4.79 Å². The predicted octanol–water partition coefficient (Wildman–Crippen LogP) is 4.70. The maximum atomic E-state index is 12.6. The second kappa shape index (κ2) is 8.63. The number of esters is 1. The summed E-state index contributed by atoms with van der Waals surface area (Å²) in [5, 5.41) is 2.61. The second-order valence-electron chi connectivity index (χ2n) is 6.50. The molecule has 0 aromatic carbocycles. The molecule has 3 aromatic heterocycles. The van der Waals surface area contributed by atoms with Crippen LogP contribution in [0.3, 0.4) is 0 Å². The molecule has 3 aromatic rings. The van der Waals surface area contributed by atoms with Gasteiger partial charge < -0.3 is 9.72 Å². The van der Waals surface area contributed by atoms with Crippen LogP contribution < -0.4 is 5.56 Å². The van der Waals surface area contributed by atoms with E-state index in [4.69, 9.17) is 4.74 Å². The van der Waals surface area contributed by atoms with E-state index in [1.165, 1.54) is 28.7 Å². The molecule has 1 atom stereocenters. The highest BCUT2D eigenvalue weighted by atomic mass is 32.1. The third-order valence-corrected chi connectivity index (χ3v) is 6.32. The first-order valence-electron chi connectivity index (χ1n) is 8.87. The lowest BCUT2D eigenvalue weighted by Gasteiger charge is -2.08. The van der Waals surface area contributed by atoms with Crippen molar-refractivity contribution in [2.24, 2.45) is 5.92 Å². The summed E-state index contributed by atoms with van der Waals surface area (Å²) < 4.78 is 5.20. The Morgan fingerprint density at radius 3 is 2.96 bits per heavy atom. The van der Waals surface area contributed by atoms with Crippen LogP contribution in [0.4, 0.5) is 0 Å². The van der Waals surface area contributed by atoms with Gasteiger partial charge in [-0.2, -0.15) is 0 Å². The SMILES string of the molecule is CC[C@@H](C)Cc1c(C)sc2nc(COC(=O)/C=C/c3cccs3)[nH]c(=O)c12. The number of carbonyl (C=O) groups excluding carboxylic acids is 1. The van der Waals surface area contributed by atoms with Crippen molar-refractivity contribution in [3.63, 3.8) is 0 Å². The normalized spacial score (nSPS) is 12.7. The first-order valence-corrected chi connectivity index (χ1v) is 10.6. The van der Waals surface area contributed by atoms with E-state index in [1.807, 2.05) is 24.4 Å². The van der Waals surface area contributed by atoms with Gasteiger partial charge in [-0.15, -0.1) is 22.7 Å². The summed E-state index contributed by atoms with van der Waals surface area (Å²) in [6.07, 6.45) is 5.02. The maximum absolute atomic E-state index is 12.6. The van der Waals surface area contributed by atoms with Crippen LogP contribution in [0.25, 0.3) is 16.3 Å². The van der Waals surface area contributed by atoms with Gasteiger partial charge in [0.2, 0.25) is 0 Å². The molecule has 142 valence electrons. The number of aromatic nitrogens is 2. The zero-order valence-corrected chi connectivity index (χ0v) is 17.2. The molecule has 0 fully saturated rings. The molecule has 0 radical (unpaired) electrons. The van der Waals surface area contributed by atoms with E-state index >= 15 is 0 Å². The Kier molecular flexibility index (Phi) is 6.23. The van der Waals surface area contributed by atoms with Crippen molar-refractivity contribution < 1.29 is 9.53 Å². The molecule has 0 amide bonds. The van der Waals surface area contributed by atoms with Crippen molar-refractivity contribution in [3.8, 4) is 0 Å². The summed E-state index contributed by atoms with van der Waals surface area (Å²) in [7, 11) is 0. The number of fused-ring (bicyclic) bond motifs is 1. The van der Waals surface area contributed by atoms with Crippen molar-refractivity contribution in [1.29, 1.82) is 0 Å². The fourth-order valence-electron chi connectivity index (χ4n) is 2.75. The monoisotopic (exact) mass is 402 g/mol. The fourth-order valence-corrected chi connectivity index (χ4v) is 4.44. The highest BCUT2D eigenvalue weighted by molar-refractivity contribution is 7.18. The minimum Gasteiger partial charge on any atom is -0.454 e. The number of hydrogen-bond donors (Lipinski definition) is 1. The maximum Gasteiger partial charge on any atom is 0.331 e. The Morgan fingerprint density at radius 1 is 1.44 bits per heavy atom. The van der Waals surface area contributed by atoms with Gasteiger partial charge in [0.25, 0.3) is 5.56 Å². The molecule has 0 bridgehead atoms. The lowest BCUT2D eigenvalue weighted by Crippen LogP contribution is -2.14. The largest absolute Gasteiger partial charge is 0.454 e. The van der Waals surface area contributed by atoms with Crippen molar-refractivity contribution in [1.82, 2.24) is 9.97 Å². The number of nitrogens with one attached hydrogen (secondary N) is 1. The molecule has 0 saturated carbocycles. The quantitative estimate of drug-likeness (QED) is 0.459. The summed E-state index contributed by atoms with van der Waals surface area (Å²) in [6, 6.07) is 3.83. The fraction of sp³-hybridized carbons (Fsp3) is 0.350. The standard InChI is InChI=1S/C20H22N2O3S2/c1-4-12(2)10-15-13(3)27-20-18(15)19(24)21-16(22-20)11-25-17(23)8-7-14-6-5-9-26-14/h5-9,12H,4,10-11H2,1-3H3,(H,21,22,24)/b8-7+/t12-/m1/s1. The van der Waals surface area contributed by atoms with Gasteiger partial charge in [-0.05, 0) is 42.3 Å². The summed E-state index contributed by atoms with van der Waals surface area (Å²) in [6.45, 7) is 6.30. The Labute approximate surface area is 165 Å². The van der Waals surface area contributed by atoms with E-state index in [2.05, 4.69) is 23.8 Å². The molecule has 5 nitrogen and oxygen atoms in total. The molecule has 1 N–H and O–H groups in total. The van der Waals surface area contributed by atoms with Gasteiger partial charge in [0.15, 0.2) is 0 Å². The van der Waals surface area contributed by atoms with Crippen molar-refractivity contribution in [2.75, 3.05) is 0 Å². The molecule has 0 saturated heterocycles. The number of thiophene rings is 2. The van der Waals surface area contributed by atoms with Crippen LogP contribution >= 0.6 is 22.7 Å². The zero-order valence-electron chi connectivity index (χ0n) is 15.6. The number of carbonyl (C=O) groups is 1. The Balaban J connectivity index is 1.74. The lowest BCUT2D eigenvalue weighted by molar-refractivity contribution is -0.139.